The van der Waals surface area contributed by atoms with Crippen molar-refractivity contribution in [2.45, 2.75) is 25.8 Å². The van der Waals surface area contributed by atoms with Crippen molar-refractivity contribution in [1.82, 2.24) is 4.90 Å². The molecule has 0 amide bonds. The van der Waals surface area contributed by atoms with E-state index in [2.05, 4.69) is 11.9 Å². The zero-order chi connectivity index (χ0) is 12.3. The molecule has 2 rings (SSSR count). The standard InChI is InChI=1S/C14H21FN2/c1-17(11-14(5-6-14)7-8-16)10-12-3-2-4-13(15)9-12/h2-4,9H,5-8,10-11,16H2,1H3. The minimum atomic E-state index is -0.154. The van der Waals surface area contributed by atoms with E-state index in [0.717, 1.165) is 31.6 Å². The molecule has 0 saturated heterocycles. The van der Waals surface area contributed by atoms with E-state index in [1.54, 1.807) is 12.1 Å². The van der Waals surface area contributed by atoms with E-state index in [9.17, 15) is 4.39 Å². The Morgan fingerprint density at radius 3 is 2.76 bits per heavy atom. The van der Waals surface area contributed by atoms with Crippen molar-refractivity contribution >= 4 is 0 Å². The van der Waals surface area contributed by atoms with Crippen molar-refractivity contribution < 1.29 is 4.39 Å². The highest BCUT2D eigenvalue weighted by Crippen LogP contribution is 2.48. The Hall–Kier alpha value is -0.930. The van der Waals surface area contributed by atoms with Gasteiger partial charge >= 0.3 is 0 Å². The Morgan fingerprint density at radius 2 is 2.18 bits per heavy atom. The molecule has 0 unspecified atom stereocenters. The molecule has 94 valence electrons. The third-order valence-corrected chi connectivity index (χ3v) is 3.58. The smallest absolute Gasteiger partial charge is 0.123 e. The first kappa shape index (κ1) is 12.5. The highest BCUT2D eigenvalue weighted by Gasteiger charge is 2.42. The molecule has 0 radical (unpaired) electrons. The van der Waals surface area contributed by atoms with Crippen LogP contribution in [0.25, 0.3) is 0 Å². The van der Waals surface area contributed by atoms with E-state index in [-0.39, 0.29) is 5.82 Å². The van der Waals surface area contributed by atoms with Gasteiger partial charge in [-0.2, -0.15) is 0 Å². The fourth-order valence-electron chi connectivity index (χ4n) is 2.55. The van der Waals surface area contributed by atoms with Crippen molar-refractivity contribution in [3.8, 4) is 0 Å². The summed E-state index contributed by atoms with van der Waals surface area (Å²) in [5.41, 5.74) is 7.13. The Kier molecular flexibility index (Phi) is 3.79. The van der Waals surface area contributed by atoms with Crippen molar-refractivity contribution in [2.75, 3.05) is 20.1 Å². The molecule has 2 nitrogen and oxygen atoms in total. The van der Waals surface area contributed by atoms with E-state index >= 15 is 0 Å². The highest BCUT2D eigenvalue weighted by atomic mass is 19.1. The summed E-state index contributed by atoms with van der Waals surface area (Å²) < 4.78 is 13.1. The zero-order valence-corrected chi connectivity index (χ0v) is 10.5. The average Bonchev–Trinajstić information content (AvgIpc) is 2.97. The lowest BCUT2D eigenvalue weighted by Crippen LogP contribution is -2.28. The maximum atomic E-state index is 13.1. The summed E-state index contributed by atoms with van der Waals surface area (Å²) in [5.74, 6) is -0.154. The lowest BCUT2D eigenvalue weighted by Gasteiger charge is -2.23. The Balaban J connectivity index is 1.87. The van der Waals surface area contributed by atoms with Crippen molar-refractivity contribution in [3.05, 3.63) is 35.6 Å². The number of hydrogen-bond acceptors (Lipinski definition) is 2. The Morgan fingerprint density at radius 1 is 1.41 bits per heavy atom. The summed E-state index contributed by atoms with van der Waals surface area (Å²) in [4.78, 5) is 2.28. The number of nitrogens with two attached hydrogens (primary N) is 1. The van der Waals surface area contributed by atoms with E-state index in [0.29, 0.717) is 5.41 Å². The molecular weight excluding hydrogens is 215 g/mol. The van der Waals surface area contributed by atoms with Gasteiger partial charge in [0.15, 0.2) is 0 Å². The molecule has 0 aromatic heterocycles. The summed E-state index contributed by atoms with van der Waals surface area (Å²) in [5, 5.41) is 0. The largest absolute Gasteiger partial charge is 0.330 e. The highest BCUT2D eigenvalue weighted by molar-refractivity contribution is 5.16. The monoisotopic (exact) mass is 236 g/mol. The van der Waals surface area contributed by atoms with Crippen LogP contribution < -0.4 is 5.73 Å². The summed E-state index contributed by atoms with van der Waals surface area (Å²) in [6.45, 7) is 2.65. The molecule has 0 heterocycles. The molecule has 2 N–H and O–H groups in total. The van der Waals surface area contributed by atoms with Gasteiger partial charge in [-0.25, -0.2) is 4.39 Å². The summed E-state index contributed by atoms with van der Waals surface area (Å²) in [7, 11) is 2.10. The van der Waals surface area contributed by atoms with Crippen LogP contribution in [0.2, 0.25) is 0 Å². The first-order chi connectivity index (χ1) is 8.13. The molecule has 1 fully saturated rings. The van der Waals surface area contributed by atoms with Gasteiger partial charge in [0.2, 0.25) is 0 Å². The second-order valence-electron chi connectivity index (χ2n) is 5.34. The van der Waals surface area contributed by atoms with Crippen LogP contribution in [0.5, 0.6) is 0 Å². The first-order valence-electron chi connectivity index (χ1n) is 6.27. The van der Waals surface area contributed by atoms with Crippen LogP contribution in [0.1, 0.15) is 24.8 Å². The number of rotatable bonds is 6. The molecule has 0 aliphatic heterocycles. The Labute approximate surface area is 103 Å². The molecule has 0 spiro atoms. The maximum Gasteiger partial charge on any atom is 0.123 e. The van der Waals surface area contributed by atoms with Crippen LogP contribution in [0.15, 0.2) is 24.3 Å². The van der Waals surface area contributed by atoms with Crippen LogP contribution in [0.3, 0.4) is 0 Å². The molecule has 1 aromatic carbocycles. The molecule has 0 atom stereocenters. The molecule has 1 aliphatic rings. The summed E-state index contributed by atoms with van der Waals surface area (Å²) >= 11 is 0. The summed E-state index contributed by atoms with van der Waals surface area (Å²) in [6.07, 6.45) is 3.69. The lowest BCUT2D eigenvalue weighted by molar-refractivity contribution is 0.248. The third kappa shape index (κ3) is 3.51. The van der Waals surface area contributed by atoms with E-state index < -0.39 is 0 Å². The second kappa shape index (κ2) is 5.15. The van der Waals surface area contributed by atoms with Crippen LogP contribution >= 0.6 is 0 Å². The van der Waals surface area contributed by atoms with Gasteiger partial charge in [0.05, 0.1) is 0 Å². The summed E-state index contributed by atoms with van der Waals surface area (Å²) in [6, 6.07) is 6.84. The first-order valence-corrected chi connectivity index (χ1v) is 6.27. The van der Waals surface area contributed by atoms with Crippen molar-refractivity contribution in [3.63, 3.8) is 0 Å². The van der Waals surface area contributed by atoms with Gasteiger partial charge in [-0.3, -0.25) is 0 Å². The van der Waals surface area contributed by atoms with E-state index in [1.165, 1.54) is 18.9 Å². The topological polar surface area (TPSA) is 29.3 Å². The van der Waals surface area contributed by atoms with Gasteiger partial charge in [-0.1, -0.05) is 12.1 Å². The molecule has 1 aliphatic carbocycles. The van der Waals surface area contributed by atoms with E-state index in [1.807, 2.05) is 6.07 Å². The SMILES string of the molecule is CN(Cc1cccc(F)c1)CC1(CCN)CC1. The van der Waals surface area contributed by atoms with Crippen LogP contribution in [0.4, 0.5) is 4.39 Å². The molecule has 0 bridgehead atoms. The fourth-order valence-corrected chi connectivity index (χ4v) is 2.55. The van der Waals surface area contributed by atoms with Gasteiger partial charge < -0.3 is 10.6 Å². The zero-order valence-electron chi connectivity index (χ0n) is 10.5. The minimum absolute atomic E-state index is 0.154. The van der Waals surface area contributed by atoms with Crippen LogP contribution in [-0.2, 0) is 6.54 Å². The number of benzene rings is 1. The Bertz CT molecular complexity index is 374. The van der Waals surface area contributed by atoms with Crippen molar-refractivity contribution in [2.24, 2.45) is 11.1 Å². The molecular formula is C14H21FN2. The predicted octanol–water partition coefficient (Wildman–Crippen LogP) is 2.39. The quantitative estimate of drug-likeness (QED) is 0.821. The van der Waals surface area contributed by atoms with Gasteiger partial charge in [0.1, 0.15) is 5.82 Å². The predicted molar refractivity (Wildman–Crippen MR) is 68.1 cm³/mol. The number of nitrogens with zero attached hydrogens (tertiary/aromatic N) is 1. The van der Waals surface area contributed by atoms with E-state index in [4.69, 9.17) is 5.73 Å². The number of hydrogen-bond donors (Lipinski definition) is 1. The van der Waals surface area contributed by atoms with Crippen LogP contribution in [-0.4, -0.2) is 25.0 Å². The maximum absolute atomic E-state index is 13.1. The van der Waals surface area contributed by atoms with Crippen LogP contribution in [0, 0.1) is 11.2 Å². The van der Waals surface area contributed by atoms with Crippen molar-refractivity contribution in [1.29, 1.82) is 0 Å². The lowest BCUT2D eigenvalue weighted by atomic mass is 10.0. The molecule has 3 heteroatoms. The third-order valence-electron chi connectivity index (χ3n) is 3.58. The van der Waals surface area contributed by atoms with Gasteiger partial charge in [-0.05, 0) is 56.0 Å². The minimum Gasteiger partial charge on any atom is -0.330 e. The number of halogens is 1. The molecule has 1 saturated carbocycles. The fraction of sp³-hybridized carbons (Fsp3) is 0.571. The average molecular weight is 236 g/mol. The molecule has 1 aromatic rings. The van der Waals surface area contributed by atoms with Gasteiger partial charge in [0.25, 0.3) is 0 Å². The molecule has 17 heavy (non-hydrogen) atoms. The normalized spacial score (nSPS) is 17.4. The van der Waals surface area contributed by atoms with Gasteiger partial charge in [0, 0.05) is 13.1 Å². The second-order valence-corrected chi connectivity index (χ2v) is 5.34. The van der Waals surface area contributed by atoms with Gasteiger partial charge in [-0.15, -0.1) is 0 Å².